The van der Waals surface area contributed by atoms with Gasteiger partial charge >= 0.3 is 0 Å². The molecule has 21 heavy (non-hydrogen) atoms. The Morgan fingerprint density at radius 1 is 1.14 bits per heavy atom. The summed E-state index contributed by atoms with van der Waals surface area (Å²) < 4.78 is 5.69. The van der Waals surface area contributed by atoms with E-state index in [2.05, 4.69) is 29.4 Å². The number of carbonyl (C=O) groups is 1. The summed E-state index contributed by atoms with van der Waals surface area (Å²) in [6.45, 7) is 4.97. The third-order valence-electron chi connectivity index (χ3n) is 3.16. The van der Waals surface area contributed by atoms with Crippen LogP contribution in [-0.4, -0.2) is 17.4 Å². The Labute approximate surface area is 125 Å². The Morgan fingerprint density at radius 2 is 1.86 bits per heavy atom. The molecule has 0 saturated carbocycles. The van der Waals surface area contributed by atoms with Gasteiger partial charge in [0.15, 0.2) is 0 Å². The van der Waals surface area contributed by atoms with Crippen LogP contribution in [0.1, 0.15) is 35.3 Å². The Balaban J connectivity index is 2.07. The first-order valence-corrected chi connectivity index (χ1v) is 7.18. The van der Waals surface area contributed by atoms with Gasteiger partial charge in [-0.25, -0.2) is 4.98 Å². The van der Waals surface area contributed by atoms with Gasteiger partial charge < -0.3 is 10.1 Å². The van der Waals surface area contributed by atoms with Gasteiger partial charge in [0, 0.05) is 12.7 Å². The highest BCUT2D eigenvalue weighted by Crippen LogP contribution is 2.16. The van der Waals surface area contributed by atoms with Crippen molar-refractivity contribution < 1.29 is 9.53 Å². The molecule has 0 unspecified atom stereocenters. The van der Waals surface area contributed by atoms with E-state index in [4.69, 9.17) is 4.74 Å². The lowest BCUT2D eigenvalue weighted by atomic mass is 10.1. The lowest BCUT2D eigenvalue weighted by Gasteiger charge is -2.10. The highest BCUT2D eigenvalue weighted by Gasteiger charge is 2.12. The number of hydrogen-bond donors (Lipinski definition) is 1. The van der Waals surface area contributed by atoms with Crippen LogP contribution < -0.4 is 10.1 Å². The number of nitrogens with zero attached hydrogens (tertiary/aromatic N) is 1. The van der Waals surface area contributed by atoms with Crippen LogP contribution in [0.5, 0.6) is 5.88 Å². The molecular weight excluding hydrogens is 264 g/mol. The van der Waals surface area contributed by atoms with Crippen LogP contribution in [0.15, 0.2) is 42.6 Å². The van der Waals surface area contributed by atoms with Crippen LogP contribution in [0.4, 0.5) is 0 Å². The molecule has 0 atom stereocenters. The molecule has 0 aliphatic carbocycles. The molecule has 4 heteroatoms. The van der Waals surface area contributed by atoms with E-state index in [0.717, 1.165) is 12.0 Å². The number of rotatable bonds is 6. The van der Waals surface area contributed by atoms with Gasteiger partial charge in [0.05, 0.1) is 0 Å². The van der Waals surface area contributed by atoms with Crippen LogP contribution in [0, 0.1) is 0 Å². The average molecular weight is 284 g/mol. The highest BCUT2D eigenvalue weighted by atomic mass is 16.5. The Bertz CT molecular complexity index is 594. The SMILES string of the molecule is CCNC(=O)c1cccnc1OCc1ccc(CC)cc1. The van der Waals surface area contributed by atoms with Crippen LogP contribution >= 0.6 is 0 Å². The molecule has 1 N–H and O–H groups in total. The first-order chi connectivity index (χ1) is 10.2. The monoisotopic (exact) mass is 284 g/mol. The fourth-order valence-corrected chi connectivity index (χ4v) is 1.96. The van der Waals surface area contributed by atoms with Crippen molar-refractivity contribution in [2.75, 3.05) is 6.54 Å². The van der Waals surface area contributed by atoms with E-state index in [1.807, 2.05) is 19.1 Å². The summed E-state index contributed by atoms with van der Waals surface area (Å²) in [5.74, 6) is 0.199. The minimum atomic E-state index is -0.165. The molecule has 0 aliphatic rings. The molecular formula is C17H20N2O2. The summed E-state index contributed by atoms with van der Waals surface area (Å²) in [7, 11) is 0. The van der Waals surface area contributed by atoms with Gasteiger partial charge in [-0.05, 0) is 36.6 Å². The Kier molecular flexibility index (Phi) is 5.32. The van der Waals surface area contributed by atoms with E-state index in [1.54, 1.807) is 18.3 Å². The number of hydrogen-bond acceptors (Lipinski definition) is 3. The van der Waals surface area contributed by atoms with Crippen molar-refractivity contribution in [1.82, 2.24) is 10.3 Å². The van der Waals surface area contributed by atoms with Crippen molar-refractivity contribution >= 4 is 5.91 Å². The summed E-state index contributed by atoms with van der Waals surface area (Å²) in [6.07, 6.45) is 2.64. The van der Waals surface area contributed by atoms with Gasteiger partial charge in [-0.1, -0.05) is 31.2 Å². The molecule has 1 heterocycles. The average Bonchev–Trinajstić information content (AvgIpc) is 2.54. The molecule has 110 valence electrons. The maximum atomic E-state index is 11.9. The van der Waals surface area contributed by atoms with Crippen LogP contribution in [0.3, 0.4) is 0 Å². The third-order valence-corrected chi connectivity index (χ3v) is 3.16. The normalized spacial score (nSPS) is 10.2. The Hall–Kier alpha value is -2.36. The van der Waals surface area contributed by atoms with Gasteiger partial charge in [-0.15, -0.1) is 0 Å². The van der Waals surface area contributed by atoms with E-state index in [1.165, 1.54) is 5.56 Å². The minimum absolute atomic E-state index is 0.165. The number of aryl methyl sites for hydroxylation is 1. The van der Waals surface area contributed by atoms with Crippen LogP contribution in [0.25, 0.3) is 0 Å². The smallest absolute Gasteiger partial charge is 0.256 e. The molecule has 0 aliphatic heterocycles. The number of benzene rings is 1. The van der Waals surface area contributed by atoms with E-state index in [0.29, 0.717) is 24.6 Å². The number of pyridine rings is 1. The van der Waals surface area contributed by atoms with E-state index in [9.17, 15) is 4.79 Å². The van der Waals surface area contributed by atoms with Gasteiger partial charge in [0.25, 0.3) is 5.91 Å². The standard InChI is InChI=1S/C17H20N2O2/c1-3-13-7-9-14(10-8-13)12-21-17-15(6-5-11-19-17)16(20)18-4-2/h5-11H,3-4,12H2,1-2H3,(H,18,20). The van der Waals surface area contributed by atoms with Crippen molar-refractivity contribution in [3.8, 4) is 5.88 Å². The zero-order valence-electron chi connectivity index (χ0n) is 12.4. The molecule has 0 spiro atoms. The van der Waals surface area contributed by atoms with Crippen molar-refractivity contribution in [2.45, 2.75) is 26.9 Å². The second-order valence-corrected chi connectivity index (χ2v) is 4.67. The fourth-order valence-electron chi connectivity index (χ4n) is 1.96. The van der Waals surface area contributed by atoms with Crippen molar-refractivity contribution in [3.63, 3.8) is 0 Å². The quantitative estimate of drug-likeness (QED) is 0.887. The minimum Gasteiger partial charge on any atom is -0.472 e. The number of nitrogens with one attached hydrogen (secondary N) is 1. The first-order valence-electron chi connectivity index (χ1n) is 7.18. The van der Waals surface area contributed by atoms with Gasteiger partial charge in [0.2, 0.25) is 5.88 Å². The zero-order valence-corrected chi connectivity index (χ0v) is 12.4. The topological polar surface area (TPSA) is 51.2 Å². The van der Waals surface area contributed by atoms with E-state index >= 15 is 0 Å². The number of carbonyl (C=O) groups excluding carboxylic acids is 1. The molecule has 4 nitrogen and oxygen atoms in total. The number of aromatic nitrogens is 1. The maximum Gasteiger partial charge on any atom is 0.256 e. The molecule has 1 amide bonds. The Morgan fingerprint density at radius 3 is 2.52 bits per heavy atom. The lowest BCUT2D eigenvalue weighted by Crippen LogP contribution is -2.23. The van der Waals surface area contributed by atoms with E-state index < -0.39 is 0 Å². The molecule has 0 saturated heterocycles. The van der Waals surface area contributed by atoms with Crippen molar-refractivity contribution in [1.29, 1.82) is 0 Å². The molecule has 1 aromatic heterocycles. The first kappa shape index (κ1) is 15.0. The summed E-state index contributed by atoms with van der Waals surface area (Å²) >= 11 is 0. The van der Waals surface area contributed by atoms with Crippen molar-refractivity contribution in [2.24, 2.45) is 0 Å². The van der Waals surface area contributed by atoms with Crippen LogP contribution in [0.2, 0.25) is 0 Å². The molecule has 0 bridgehead atoms. The van der Waals surface area contributed by atoms with Crippen molar-refractivity contribution in [3.05, 3.63) is 59.3 Å². The largest absolute Gasteiger partial charge is 0.472 e. The summed E-state index contributed by atoms with van der Waals surface area (Å²) in [5, 5.41) is 2.76. The zero-order chi connectivity index (χ0) is 15.1. The fraction of sp³-hybridized carbons (Fsp3) is 0.294. The number of amides is 1. The highest BCUT2D eigenvalue weighted by molar-refractivity contribution is 5.96. The van der Waals surface area contributed by atoms with Gasteiger partial charge in [0.1, 0.15) is 12.2 Å². The summed E-state index contributed by atoms with van der Waals surface area (Å²) in [4.78, 5) is 16.1. The third kappa shape index (κ3) is 4.05. The van der Waals surface area contributed by atoms with Gasteiger partial charge in [-0.3, -0.25) is 4.79 Å². The number of ether oxygens (including phenoxy) is 1. The molecule has 0 radical (unpaired) electrons. The summed E-state index contributed by atoms with van der Waals surface area (Å²) in [6, 6.07) is 11.7. The second-order valence-electron chi connectivity index (χ2n) is 4.67. The molecule has 2 rings (SSSR count). The summed E-state index contributed by atoms with van der Waals surface area (Å²) in [5.41, 5.74) is 2.81. The maximum absolute atomic E-state index is 11.9. The van der Waals surface area contributed by atoms with Gasteiger partial charge in [-0.2, -0.15) is 0 Å². The molecule has 2 aromatic rings. The second kappa shape index (κ2) is 7.43. The molecule has 1 aromatic carbocycles. The molecule has 0 fully saturated rings. The van der Waals surface area contributed by atoms with E-state index in [-0.39, 0.29) is 5.91 Å². The lowest BCUT2D eigenvalue weighted by molar-refractivity contribution is 0.0950. The predicted octanol–water partition coefficient (Wildman–Crippen LogP) is 2.97. The van der Waals surface area contributed by atoms with Crippen LogP contribution in [-0.2, 0) is 13.0 Å². The predicted molar refractivity (Wildman–Crippen MR) is 82.4 cm³/mol.